The van der Waals surface area contributed by atoms with E-state index in [2.05, 4.69) is 76.2 Å². The van der Waals surface area contributed by atoms with Crippen LogP contribution in [0.3, 0.4) is 0 Å². The highest BCUT2D eigenvalue weighted by atomic mass is 31.2. The molecule has 41 heavy (non-hydrogen) atoms. The smallest absolute Gasteiger partial charge is 0.404 e. The quantitative estimate of drug-likeness (QED) is 0.185. The van der Waals surface area contributed by atoms with Crippen molar-refractivity contribution in [2.75, 3.05) is 0 Å². The molecule has 5 aromatic rings. The molecule has 5 heteroatoms. The van der Waals surface area contributed by atoms with Crippen molar-refractivity contribution >= 4 is 7.82 Å². The summed E-state index contributed by atoms with van der Waals surface area (Å²) in [5.74, 6) is 0.738. The van der Waals surface area contributed by atoms with Crippen molar-refractivity contribution in [3.63, 3.8) is 0 Å². The average Bonchev–Trinajstić information content (AvgIpc) is 2.96. The topological polar surface area (TPSA) is 66.8 Å². The standard InChI is InChI=1S/C36H35O4P/c1-24(2)26-14-5-7-16-28(26)30-18-9-10-20-32(30)34-22-13-23-35(40-41(37,38)39)36(34)33-21-12-11-19-31(33)29-17-8-6-15-27(29)25(3)4/h5-25H,1-4H3,(H2,37,38,39). The minimum atomic E-state index is -4.85. The number of phosphoric acid groups is 1. The molecular formula is C36H35O4P. The summed E-state index contributed by atoms with van der Waals surface area (Å²) in [5, 5.41) is 0. The second-order valence-electron chi connectivity index (χ2n) is 10.8. The molecule has 0 atom stereocenters. The zero-order chi connectivity index (χ0) is 29.1. The monoisotopic (exact) mass is 562 g/mol. The maximum atomic E-state index is 12.2. The van der Waals surface area contributed by atoms with Gasteiger partial charge >= 0.3 is 7.82 Å². The van der Waals surface area contributed by atoms with E-state index in [0.29, 0.717) is 11.5 Å². The van der Waals surface area contributed by atoms with Crippen LogP contribution < -0.4 is 4.52 Å². The van der Waals surface area contributed by atoms with E-state index in [-0.39, 0.29) is 11.7 Å². The summed E-state index contributed by atoms with van der Waals surface area (Å²) in [6.45, 7) is 8.70. The number of rotatable bonds is 8. The summed E-state index contributed by atoms with van der Waals surface area (Å²) in [7, 11) is -4.85. The Morgan fingerprint density at radius 2 is 0.854 bits per heavy atom. The molecule has 0 aliphatic heterocycles. The summed E-state index contributed by atoms with van der Waals surface area (Å²) in [5.41, 5.74) is 9.92. The predicted octanol–water partition coefficient (Wildman–Crippen LogP) is 10.1. The molecule has 5 aromatic carbocycles. The molecule has 0 saturated heterocycles. The molecule has 0 radical (unpaired) electrons. The van der Waals surface area contributed by atoms with Crippen LogP contribution in [0.15, 0.2) is 115 Å². The Balaban J connectivity index is 1.85. The normalized spacial score (nSPS) is 11.7. The van der Waals surface area contributed by atoms with Crippen LogP contribution in [0.5, 0.6) is 5.75 Å². The lowest BCUT2D eigenvalue weighted by atomic mass is 9.83. The third-order valence-corrected chi connectivity index (χ3v) is 7.84. The Kier molecular flexibility index (Phi) is 8.28. The van der Waals surface area contributed by atoms with Crippen molar-refractivity contribution < 1.29 is 18.9 Å². The molecule has 0 heterocycles. The van der Waals surface area contributed by atoms with Gasteiger partial charge in [-0.15, -0.1) is 0 Å². The summed E-state index contributed by atoms with van der Waals surface area (Å²) in [6.07, 6.45) is 0. The minimum absolute atomic E-state index is 0.136. The minimum Gasteiger partial charge on any atom is -0.404 e. The van der Waals surface area contributed by atoms with Gasteiger partial charge in [-0.25, -0.2) is 4.57 Å². The fraction of sp³-hybridized carbons (Fsp3) is 0.167. The molecule has 0 bridgehead atoms. The lowest BCUT2D eigenvalue weighted by Crippen LogP contribution is -1.99. The molecule has 0 spiro atoms. The Labute approximate surface area is 242 Å². The predicted molar refractivity (Wildman–Crippen MR) is 169 cm³/mol. The van der Waals surface area contributed by atoms with Crippen LogP contribution in [0.4, 0.5) is 0 Å². The molecule has 0 aromatic heterocycles. The van der Waals surface area contributed by atoms with Gasteiger partial charge in [-0.1, -0.05) is 137 Å². The van der Waals surface area contributed by atoms with Crippen molar-refractivity contribution in [2.24, 2.45) is 0 Å². The summed E-state index contributed by atoms with van der Waals surface area (Å²) < 4.78 is 17.6. The third-order valence-electron chi connectivity index (χ3n) is 7.40. The third kappa shape index (κ3) is 6.06. The highest BCUT2D eigenvalue weighted by Gasteiger charge is 2.25. The van der Waals surface area contributed by atoms with Crippen LogP contribution in [0.1, 0.15) is 50.7 Å². The Hall–Kier alpha value is -3.95. The van der Waals surface area contributed by atoms with Gasteiger partial charge in [0.2, 0.25) is 0 Å². The van der Waals surface area contributed by atoms with E-state index in [9.17, 15) is 14.4 Å². The zero-order valence-corrected chi connectivity index (χ0v) is 24.7. The second-order valence-corrected chi connectivity index (χ2v) is 12.0. The maximum Gasteiger partial charge on any atom is 0.524 e. The fourth-order valence-electron chi connectivity index (χ4n) is 5.62. The first-order chi connectivity index (χ1) is 19.7. The lowest BCUT2D eigenvalue weighted by Gasteiger charge is -2.22. The summed E-state index contributed by atoms with van der Waals surface area (Å²) in [4.78, 5) is 19.9. The molecule has 0 aliphatic carbocycles. The van der Waals surface area contributed by atoms with E-state index in [1.807, 2.05) is 54.6 Å². The summed E-state index contributed by atoms with van der Waals surface area (Å²) >= 11 is 0. The van der Waals surface area contributed by atoms with Gasteiger partial charge in [-0.2, -0.15) is 0 Å². The fourth-order valence-corrected chi connectivity index (χ4v) is 6.03. The van der Waals surface area contributed by atoms with Crippen molar-refractivity contribution in [1.82, 2.24) is 0 Å². The Morgan fingerprint density at radius 3 is 1.32 bits per heavy atom. The van der Waals surface area contributed by atoms with Gasteiger partial charge < -0.3 is 4.52 Å². The molecule has 0 fully saturated rings. The Bertz CT molecular complexity index is 1730. The number of hydrogen-bond donors (Lipinski definition) is 2. The van der Waals surface area contributed by atoms with Crippen LogP contribution in [0, 0.1) is 0 Å². The average molecular weight is 563 g/mol. The molecule has 4 nitrogen and oxygen atoms in total. The highest BCUT2D eigenvalue weighted by molar-refractivity contribution is 7.46. The number of benzene rings is 5. The van der Waals surface area contributed by atoms with Crippen LogP contribution in [0.2, 0.25) is 0 Å². The first kappa shape index (κ1) is 28.6. The molecule has 208 valence electrons. The van der Waals surface area contributed by atoms with Gasteiger partial charge in [-0.05, 0) is 68.0 Å². The van der Waals surface area contributed by atoms with Crippen LogP contribution >= 0.6 is 7.82 Å². The van der Waals surface area contributed by atoms with Crippen molar-refractivity contribution in [3.05, 3.63) is 126 Å². The van der Waals surface area contributed by atoms with Crippen LogP contribution in [-0.4, -0.2) is 9.79 Å². The van der Waals surface area contributed by atoms with Crippen LogP contribution in [-0.2, 0) is 4.57 Å². The number of hydrogen-bond acceptors (Lipinski definition) is 2. The van der Waals surface area contributed by atoms with E-state index < -0.39 is 7.82 Å². The van der Waals surface area contributed by atoms with Gasteiger partial charge in [0.15, 0.2) is 0 Å². The van der Waals surface area contributed by atoms with E-state index in [4.69, 9.17) is 4.52 Å². The molecule has 0 amide bonds. The lowest BCUT2D eigenvalue weighted by molar-refractivity contribution is 0.283. The summed E-state index contributed by atoms with van der Waals surface area (Å²) in [6, 6.07) is 38.3. The highest BCUT2D eigenvalue weighted by Crippen LogP contribution is 2.50. The van der Waals surface area contributed by atoms with E-state index in [1.165, 1.54) is 11.1 Å². The molecule has 2 N–H and O–H groups in total. The van der Waals surface area contributed by atoms with Crippen molar-refractivity contribution in [1.29, 1.82) is 0 Å². The Morgan fingerprint density at radius 1 is 0.488 bits per heavy atom. The van der Waals surface area contributed by atoms with Crippen LogP contribution in [0.25, 0.3) is 44.5 Å². The van der Waals surface area contributed by atoms with Gasteiger partial charge in [0.1, 0.15) is 5.75 Å². The molecular weight excluding hydrogens is 527 g/mol. The van der Waals surface area contributed by atoms with Gasteiger partial charge in [0, 0.05) is 5.56 Å². The molecule has 0 unspecified atom stereocenters. The SMILES string of the molecule is CC(C)c1ccccc1-c1ccccc1-c1cccc(OP(=O)(O)O)c1-c1ccccc1-c1ccccc1C(C)C. The zero-order valence-electron chi connectivity index (χ0n) is 23.8. The van der Waals surface area contributed by atoms with Crippen molar-refractivity contribution in [3.8, 4) is 50.3 Å². The van der Waals surface area contributed by atoms with Gasteiger partial charge in [0.25, 0.3) is 0 Å². The number of phosphoric ester groups is 1. The van der Waals surface area contributed by atoms with E-state index in [0.717, 1.165) is 38.9 Å². The maximum absolute atomic E-state index is 12.2. The first-order valence-electron chi connectivity index (χ1n) is 13.9. The molecule has 5 rings (SSSR count). The largest absolute Gasteiger partial charge is 0.524 e. The van der Waals surface area contributed by atoms with E-state index in [1.54, 1.807) is 12.1 Å². The first-order valence-corrected chi connectivity index (χ1v) is 15.4. The van der Waals surface area contributed by atoms with Gasteiger partial charge in [0.05, 0.1) is 0 Å². The molecule has 0 aliphatic rings. The second kappa shape index (κ2) is 11.9. The van der Waals surface area contributed by atoms with Crippen molar-refractivity contribution in [2.45, 2.75) is 39.5 Å². The van der Waals surface area contributed by atoms with E-state index >= 15 is 0 Å². The molecule has 0 saturated carbocycles. The van der Waals surface area contributed by atoms with Gasteiger partial charge in [-0.3, -0.25) is 9.79 Å².